The maximum Gasteiger partial charge on any atom is 0.0555 e. The van der Waals surface area contributed by atoms with Crippen molar-refractivity contribution in [2.45, 2.75) is 31.8 Å². The van der Waals surface area contributed by atoms with E-state index in [1.54, 1.807) is 0 Å². The molecule has 3 heteroatoms. The number of rotatable bonds is 4. The normalized spacial score (nSPS) is 17.1. The van der Waals surface area contributed by atoms with E-state index < -0.39 is 0 Å². The summed E-state index contributed by atoms with van der Waals surface area (Å²) in [7, 11) is 0. The lowest BCUT2D eigenvalue weighted by molar-refractivity contribution is 0.687. The molecule has 4 rings (SSSR count). The molecule has 0 aromatic heterocycles. The summed E-state index contributed by atoms with van der Waals surface area (Å²) in [5.41, 5.74) is 5.42. The van der Waals surface area contributed by atoms with Crippen LogP contribution in [-0.4, -0.2) is 12.6 Å². The van der Waals surface area contributed by atoms with Gasteiger partial charge in [-0.1, -0.05) is 24.3 Å². The van der Waals surface area contributed by atoms with E-state index >= 15 is 0 Å². The fraction of sp³-hybridized carbons (Fsp3) is 0.333. The van der Waals surface area contributed by atoms with Gasteiger partial charge in [-0.3, -0.25) is 0 Å². The van der Waals surface area contributed by atoms with Crippen LogP contribution in [0.3, 0.4) is 0 Å². The second-order valence-corrected chi connectivity index (χ2v) is 6.83. The molecule has 2 aliphatic rings. The second kappa shape index (κ2) is 5.47. The first kappa shape index (κ1) is 13.4. The van der Waals surface area contributed by atoms with Gasteiger partial charge in [0.05, 0.1) is 5.69 Å². The van der Waals surface area contributed by atoms with Crippen LogP contribution < -0.4 is 10.2 Å². The highest BCUT2D eigenvalue weighted by Crippen LogP contribution is 2.38. The predicted octanol–water partition coefficient (Wildman–Crippen LogP) is 4.40. The zero-order chi connectivity index (χ0) is 14.2. The van der Waals surface area contributed by atoms with Gasteiger partial charge in [0.1, 0.15) is 0 Å². The molecule has 1 fully saturated rings. The summed E-state index contributed by atoms with van der Waals surface area (Å²) in [6, 6.07) is 16.2. The minimum absolute atomic E-state index is 0.758. The molecule has 1 aliphatic heterocycles. The molecule has 0 atom stereocenters. The number of anilines is 2. The Bertz CT molecular complexity index is 664. The Balaban J connectivity index is 1.58. The lowest BCUT2D eigenvalue weighted by Gasteiger charge is -2.21. The summed E-state index contributed by atoms with van der Waals surface area (Å²) in [6.45, 7) is 2.04. The fourth-order valence-corrected chi connectivity index (χ4v) is 3.66. The molecule has 2 nitrogen and oxygen atoms in total. The van der Waals surface area contributed by atoms with E-state index in [2.05, 4.69) is 68.6 Å². The maximum absolute atomic E-state index is 3.76. The zero-order valence-corrected chi connectivity index (χ0v) is 13.6. The quantitative estimate of drug-likeness (QED) is 0.885. The summed E-state index contributed by atoms with van der Waals surface area (Å²) < 4.78 is 1.19. The lowest BCUT2D eigenvalue weighted by atomic mass is 10.1. The van der Waals surface area contributed by atoms with Gasteiger partial charge >= 0.3 is 0 Å². The molecular weight excluding hydrogens is 324 g/mol. The average molecular weight is 343 g/mol. The SMILES string of the molecule is Brc1cc(CNC2CC2)ccc1N1CCc2ccccc21. The minimum Gasteiger partial charge on any atom is -0.340 e. The van der Waals surface area contributed by atoms with Crippen LogP contribution in [0.15, 0.2) is 46.9 Å². The summed E-state index contributed by atoms with van der Waals surface area (Å²) in [5, 5.41) is 3.57. The molecule has 0 unspecified atom stereocenters. The first-order chi connectivity index (χ1) is 10.3. The highest BCUT2D eigenvalue weighted by Gasteiger charge is 2.22. The number of fused-ring (bicyclic) bond motifs is 1. The second-order valence-electron chi connectivity index (χ2n) is 5.97. The van der Waals surface area contributed by atoms with Gasteiger partial charge in [0.25, 0.3) is 0 Å². The van der Waals surface area contributed by atoms with Crippen LogP contribution in [0.5, 0.6) is 0 Å². The lowest BCUT2D eigenvalue weighted by Crippen LogP contribution is -2.16. The molecule has 1 heterocycles. The highest BCUT2D eigenvalue weighted by molar-refractivity contribution is 9.10. The molecule has 0 radical (unpaired) electrons. The fourth-order valence-electron chi connectivity index (χ4n) is 3.02. The van der Waals surface area contributed by atoms with Gasteiger partial charge in [0, 0.05) is 29.3 Å². The number of nitrogens with one attached hydrogen (secondary N) is 1. The summed E-state index contributed by atoms with van der Waals surface area (Å²) in [5.74, 6) is 0. The molecule has 2 aromatic rings. The minimum atomic E-state index is 0.758. The van der Waals surface area contributed by atoms with Crippen LogP contribution in [-0.2, 0) is 13.0 Å². The highest BCUT2D eigenvalue weighted by atomic mass is 79.9. The smallest absolute Gasteiger partial charge is 0.0555 e. The van der Waals surface area contributed by atoms with Crippen molar-refractivity contribution in [1.29, 1.82) is 0 Å². The standard InChI is InChI=1S/C18H19BrN2/c19-16-11-13(12-20-15-6-7-15)5-8-18(16)21-10-9-14-3-1-2-4-17(14)21/h1-5,8,11,15,20H,6-7,9-10,12H2. The first-order valence-electron chi connectivity index (χ1n) is 7.68. The van der Waals surface area contributed by atoms with E-state index in [9.17, 15) is 0 Å². The third-order valence-electron chi connectivity index (χ3n) is 4.36. The molecule has 0 amide bonds. The van der Waals surface area contributed by atoms with Gasteiger partial charge in [-0.2, -0.15) is 0 Å². The van der Waals surface area contributed by atoms with E-state index in [-0.39, 0.29) is 0 Å². The molecule has 1 N–H and O–H groups in total. The predicted molar refractivity (Wildman–Crippen MR) is 91.2 cm³/mol. The third kappa shape index (κ3) is 2.72. The molecule has 1 aliphatic carbocycles. The summed E-state index contributed by atoms with van der Waals surface area (Å²) >= 11 is 3.76. The molecule has 108 valence electrons. The number of hydrogen-bond donors (Lipinski definition) is 1. The number of halogens is 1. The van der Waals surface area contributed by atoms with Gasteiger partial charge < -0.3 is 10.2 Å². The van der Waals surface area contributed by atoms with Crippen LogP contribution >= 0.6 is 15.9 Å². The van der Waals surface area contributed by atoms with E-state index in [4.69, 9.17) is 0 Å². The van der Waals surface area contributed by atoms with Crippen molar-refractivity contribution < 1.29 is 0 Å². The zero-order valence-electron chi connectivity index (χ0n) is 12.0. The first-order valence-corrected chi connectivity index (χ1v) is 8.48. The van der Waals surface area contributed by atoms with Crippen LogP contribution in [0.1, 0.15) is 24.0 Å². The monoisotopic (exact) mass is 342 g/mol. The van der Waals surface area contributed by atoms with Crippen molar-refractivity contribution in [3.05, 3.63) is 58.1 Å². The van der Waals surface area contributed by atoms with Gasteiger partial charge in [0.15, 0.2) is 0 Å². The Kier molecular flexibility index (Phi) is 3.48. The molecular formula is C18H19BrN2. The van der Waals surface area contributed by atoms with Gasteiger partial charge in [-0.15, -0.1) is 0 Å². The van der Waals surface area contributed by atoms with Crippen LogP contribution in [0.25, 0.3) is 0 Å². The molecule has 2 aromatic carbocycles. The van der Waals surface area contributed by atoms with Crippen LogP contribution in [0, 0.1) is 0 Å². The average Bonchev–Trinajstić information content (AvgIpc) is 3.24. The number of para-hydroxylation sites is 1. The van der Waals surface area contributed by atoms with E-state index in [1.807, 2.05) is 0 Å². The van der Waals surface area contributed by atoms with Crippen molar-refractivity contribution in [2.75, 3.05) is 11.4 Å². The summed E-state index contributed by atoms with van der Waals surface area (Å²) in [6.07, 6.45) is 3.81. The number of nitrogens with zero attached hydrogens (tertiary/aromatic N) is 1. The van der Waals surface area contributed by atoms with Crippen LogP contribution in [0.4, 0.5) is 11.4 Å². The topological polar surface area (TPSA) is 15.3 Å². The molecule has 0 spiro atoms. The van der Waals surface area contributed by atoms with Gasteiger partial charge in [-0.25, -0.2) is 0 Å². The Morgan fingerprint density at radius 1 is 1.10 bits per heavy atom. The van der Waals surface area contributed by atoms with Gasteiger partial charge in [0.2, 0.25) is 0 Å². The maximum atomic E-state index is 3.76. The van der Waals surface area contributed by atoms with Gasteiger partial charge in [-0.05, 0) is 64.5 Å². The summed E-state index contributed by atoms with van der Waals surface area (Å²) in [4.78, 5) is 2.41. The van der Waals surface area contributed by atoms with E-state index in [1.165, 1.54) is 39.8 Å². The van der Waals surface area contributed by atoms with Crippen molar-refractivity contribution in [2.24, 2.45) is 0 Å². The molecule has 0 saturated heterocycles. The Morgan fingerprint density at radius 3 is 2.76 bits per heavy atom. The molecule has 1 saturated carbocycles. The van der Waals surface area contributed by atoms with Crippen molar-refractivity contribution in [3.8, 4) is 0 Å². The Hall–Kier alpha value is -1.32. The molecule has 0 bridgehead atoms. The van der Waals surface area contributed by atoms with Crippen molar-refractivity contribution in [3.63, 3.8) is 0 Å². The number of hydrogen-bond acceptors (Lipinski definition) is 2. The third-order valence-corrected chi connectivity index (χ3v) is 5.00. The van der Waals surface area contributed by atoms with E-state index in [0.29, 0.717) is 0 Å². The Labute approximate surface area is 134 Å². The van der Waals surface area contributed by atoms with Crippen molar-refractivity contribution in [1.82, 2.24) is 5.32 Å². The Morgan fingerprint density at radius 2 is 1.95 bits per heavy atom. The largest absolute Gasteiger partial charge is 0.340 e. The van der Waals surface area contributed by atoms with Crippen molar-refractivity contribution >= 4 is 27.3 Å². The van der Waals surface area contributed by atoms with E-state index in [0.717, 1.165) is 25.6 Å². The van der Waals surface area contributed by atoms with Crippen LogP contribution in [0.2, 0.25) is 0 Å². The number of benzene rings is 2. The molecule has 21 heavy (non-hydrogen) atoms.